The summed E-state index contributed by atoms with van der Waals surface area (Å²) in [7, 11) is 3.78. The zero-order valence-corrected chi connectivity index (χ0v) is 19.0. The van der Waals surface area contributed by atoms with Gasteiger partial charge < -0.3 is 14.4 Å². The third-order valence-electron chi connectivity index (χ3n) is 6.72. The van der Waals surface area contributed by atoms with Crippen molar-refractivity contribution < 1.29 is 14.6 Å². The van der Waals surface area contributed by atoms with Crippen molar-refractivity contribution in [2.75, 3.05) is 7.11 Å². The second-order valence-corrected chi connectivity index (χ2v) is 8.55. The van der Waals surface area contributed by atoms with Crippen LogP contribution in [-0.2, 0) is 26.3 Å². The highest BCUT2D eigenvalue weighted by Crippen LogP contribution is 2.41. The first-order valence-corrected chi connectivity index (χ1v) is 11.3. The van der Waals surface area contributed by atoms with Crippen LogP contribution in [0.1, 0.15) is 44.7 Å². The van der Waals surface area contributed by atoms with Gasteiger partial charge in [0.05, 0.1) is 12.7 Å². The van der Waals surface area contributed by atoms with Crippen molar-refractivity contribution in [2.45, 2.75) is 25.7 Å². The summed E-state index contributed by atoms with van der Waals surface area (Å²) in [4.78, 5) is 11.7. The standard InChI is InChI=1S/C29H27NO3/c1-30-25(17-14-19-8-4-3-5-9-19)28(24-16-15-20(29(31)32)18-26(24)30)23-12-6-11-22-21(23)10-7-13-27(22)33-2/h3-5,7-10,12-13,15-16,18H,6,11,14,17H2,1-2H3,(H,31,32). The molecule has 1 aliphatic rings. The van der Waals surface area contributed by atoms with Crippen LogP contribution in [0.4, 0.5) is 0 Å². The van der Waals surface area contributed by atoms with E-state index in [-0.39, 0.29) is 0 Å². The summed E-state index contributed by atoms with van der Waals surface area (Å²) in [6, 6.07) is 22.2. The second kappa shape index (κ2) is 8.62. The molecule has 4 heteroatoms. The van der Waals surface area contributed by atoms with Gasteiger partial charge in [-0.3, -0.25) is 0 Å². The molecule has 0 bridgehead atoms. The molecule has 1 N–H and O–H groups in total. The van der Waals surface area contributed by atoms with Crippen molar-refractivity contribution in [3.63, 3.8) is 0 Å². The normalized spacial score (nSPS) is 13.0. The van der Waals surface area contributed by atoms with Crippen molar-refractivity contribution in [3.05, 3.63) is 106 Å². The molecule has 0 saturated heterocycles. The molecule has 4 nitrogen and oxygen atoms in total. The third-order valence-corrected chi connectivity index (χ3v) is 6.72. The molecule has 0 amide bonds. The third kappa shape index (κ3) is 3.72. The van der Waals surface area contributed by atoms with Crippen LogP contribution in [0.3, 0.4) is 0 Å². The van der Waals surface area contributed by atoms with E-state index in [1.807, 2.05) is 31.3 Å². The second-order valence-electron chi connectivity index (χ2n) is 8.55. The molecule has 3 aromatic carbocycles. The molecule has 1 heterocycles. The summed E-state index contributed by atoms with van der Waals surface area (Å²) >= 11 is 0. The number of rotatable bonds is 6. The number of benzene rings is 3. The topological polar surface area (TPSA) is 51.5 Å². The van der Waals surface area contributed by atoms with Gasteiger partial charge in [0.25, 0.3) is 0 Å². The first-order chi connectivity index (χ1) is 16.1. The lowest BCUT2D eigenvalue weighted by atomic mass is 9.84. The number of carboxylic acids is 1. The number of nitrogens with zero attached hydrogens (tertiary/aromatic N) is 1. The number of methoxy groups -OCH3 is 1. The Morgan fingerprint density at radius 1 is 1.03 bits per heavy atom. The number of fused-ring (bicyclic) bond motifs is 2. The number of carbonyl (C=O) groups is 1. The summed E-state index contributed by atoms with van der Waals surface area (Å²) in [6.45, 7) is 0. The lowest BCUT2D eigenvalue weighted by Gasteiger charge is -2.21. The van der Waals surface area contributed by atoms with Crippen molar-refractivity contribution in [1.29, 1.82) is 0 Å². The highest BCUT2D eigenvalue weighted by atomic mass is 16.5. The lowest BCUT2D eigenvalue weighted by Crippen LogP contribution is -2.07. The van der Waals surface area contributed by atoms with Crippen LogP contribution in [0.2, 0.25) is 0 Å². The fraction of sp³-hybridized carbons (Fsp3) is 0.207. The summed E-state index contributed by atoms with van der Waals surface area (Å²) in [5.41, 5.74) is 8.63. The van der Waals surface area contributed by atoms with Gasteiger partial charge in [0.1, 0.15) is 5.75 Å². The lowest BCUT2D eigenvalue weighted by molar-refractivity contribution is 0.0697. The van der Waals surface area contributed by atoms with Crippen LogP contribution >= 0.6 is 0 Å². The minimum atomic E-state index is -0.905. The van der Waals surface area contributed by atoms with Crippen molar-refractivity contribution in [1.82, 2.24) is 4.57 Å². The monoisotopic (exact) mass is 437 g/mol. The van der Waals surface area contributed by atoms with Gasteiger partial charge in [-0.1, -0.05) is 54.6 Å². The Morgan fingerprint density at radius 3 is 2.61 bits per heavy atom. The average molecular weight is 438 g/mol. The molecule has 0 fully saturated rings. The number of allylic oxidation sites excluding steroid dienone is 1. The van der Waals surface area contributed by atoms with Gasteiger partial charge in [0.15, 0.2) is 0 Å². The van der Waals surface area contributed by atoms with E-state index in [0.717, 1.165) is 42.3 Å². The minimum absolute atomic E-state index is 0.309. The Kier molecular flexibility index (Phi) is 5.51. The number of aromatic nitrogens is 1. The van der Waals surface area contributed by atoms with E-state index >= 15 is 0 Å². The maximum atomic E-state index is 11.7. The van der Waals surface area contributed by atoms with Gasteiger partial charge >= 0.3 is 5.97 Å². The predicted octanol–water partition coefficient (Wildman–Crippen LogP) is 6.05. The van der Waals surface area contributed by atoms with Gasteiger partial charge in [-0.15, -0.1) is 0 Å². The molecule has 4 aromatic rings. The number of ether oxygens (including phenoxy) is 1. The molecule has 0 spiro atoms. The zero-order chi connectivity index (χ0) is 22.9. The highest BCUT2D eigenvalue weighted by molar-refractivity contribution is 6.02. The van der Waals surface area contributed by atoms with Crippen LogP contribution in [0.15, 0.2) is 72.8 Å². The molecule has 1 aliphatic carbocycles. The summed E-state index contributed by atoms with van der Waals surface area (Å²) in [5, 5.41) is 10.7. The first kappa shape index (κ1) is 21.1. The fourth-order valence-corrected chi connectivity index (χ4v) is 5.10. The van der Waals surface area contributed by atoms with E-state index in [2.05, 4.69) is 41.0 Å². The van der Waals surface area contributed by atoms with Crippen molar-refractivity contribution in [3.8, 4) is 5.75 Å². The molecular formula is C29H27NO3. The van der Waals surface area contributed by atoms with E-state index in [4.69, 9.17) is 4.74 Å². The van der Waals surface area contributed by atoms with Gasteiger partial charge in [0, 0.05) is 34.8 Å². The number of hydrogen-bond donors (Lipinski definition) is 1. The summed E-state index contributed by atoms with van der Waals surface area (Å²) in [6.07, 6.45) is 6.01. The largest absolute Gasteiger partial charge is 0.496 e. The van der Waals surface area contributed by atoms with Crippen LogP contribution in [-0.4, -0.2) is 22.8 Å². The number of hydrogen-bond acceptors (Lipinski definition) is 2. The van der Waals surface area contributed by atoms with E-state index < -0.39 is 5.97 Å². The number of aryl methyl sites for hydroxylation is 2. The fourth-order valence-electron chi connectivity index (χ4n) is 5.10. The van der Waals surface area contributed by atoms with E-state index in [9.17, 15) is 9.90 Å². The Morgan fingerprint density at radius 2 is 1.85 bits per heavy atom. The molecule has 33 heavy (non-hydrogen) atoms. The van der Waals surface area contributed by atoms with Gasteiger partial charge in [-0.25, -0.2) is 4.79 Å². The van der Waals surface area contributed by atoms with Crippen molar-refractivity contribution >= 4 is 22.4 Å². The maximum Gasteiger partial charge on any atom is 0.335 e. The first-order valence-electron chi connectivity index (χ1n) is 11.3. The molecule has 0 atom stereocenters. The predicted molar refractivity (Wildman–Crippen MR) is 132 cm³/mol. The van der Waals surface area contributed by atoms with Crippen LogP contribution in [0, 0.1) is 0 Å². The van der Waals surface area contributed by atoms with Gasteiger partial charge in [-0.2, -0.15) is 0 Å². The van der Waals surface area contributed by atoms with E-state index in [1.165, 1.54) is 33.5 Å². The van der Waals surface area contributed by atoms with Crippen LogP contribution in [0.25, 0.3) is 16.5 Å². The van der Waals surface area contributed by atoms with Gasteiger partial charge in [0.2, 0.25) is 0 Å². The Hall–Kier alpha value is -3.79. The smallest absolute Gasteiger partial charge is 0.335 e. The molecule has 0 radical (unpaired) electrons. The quantitative estimate of drug-likeness (QED) is 0.400. The molecule has 5 rings (SSSR count). The van der Waals surface area contributed by atoms with Gasteiger partial charge in [-0.05, 0) is 60.6 Å². The summed E-state index contributed by atoms with van der Waals surface area (Å²) < 4.78 is 7.85. The van der Waals surface area contributed by atoms with E-state index in [1.54, 1.807) is 19.2 Å². The number of aromatic carboxylic acids is 1. The molecule has 0 saturated carbocycles. The van der Waals surface area contributed by atoms with E-state index in [0.29, 0.717) is 5.56 Å². The SMILES string of the molecule is COc1cccc2c1CCC=C2c1c(CCc2ccccc2)n(C)c2cc(C(=O)O)ccc12. The van der Waals surface area contributed by atoms with Crippen LogP contribution < -0.4 is 4.74 Å². The molecule has 1 aromatic heterocycles. The molecular weight excluding hydrogens is 410 g/mol. The highest BCUT2D eigenvalue weighted by Gasteiger charge is 2.24. The Bertz CT molecular complexity index is 1380. The zero-order valence-electron chi connectivity index (χ0n) is 19.0. The summed E-state index contributed by atoms with van der Waals surface area (Å²) in [5.74, 6) is 0.0229. The maximum absolute atomic E-state index is 11.7. The average Bonchev–Trinajstić information content (AvgIpc) is 3.13. The minimum Gasteiger partial charge on any atom is -0.496 e. The number of carboxylic acid groups (broad SMARTS) is 1. The van der Waals surface area contributed by atoms with Crippen LogP contribution in [0.5, 0.6) is 5.75 Å². The molecule has 0 unspecified atom stereocenters. The Balaban J connectivity index is 1.70. The Labute approximate surface area is 193 Å². The van der Waals surface area contributed by atoms with Crippen molar-refractivity contribution in [2.24, 2.45) is 7.05 Å². The molecule has 166 valence electrons. The molecule has 0 aliphatic heterocycles.